The second-order valence-corrected chi connectivity index (χ2v) is 5.62. The summed E-state index contributed by atoms with van der Waals surface area (Å²) in [6.45, 7) is 3.17. The van der Waals surface area contributed by atoms with Gasteiger partial charge in [0.05, 0.1) is 5.69 Å². The van der Waals surface area contributed by atoms with Crippen LogP contribution in [-0.4, -0.2) is 64.9 Å². The van der Waals surface area contributed by atoms with Crippen molar-refractivity contribution in [2.45, 2.75) is 12.6 Å². The van der Waals surface area contributed by atoms with Crippen LogP contribution >= 0.6 is 0 Å². The van der Waals surface area contributed by atoms with Crippen molar-refractivity contribution in [2.24, 2.45) is 0 Å². The van der Waals surface area contributed by atoms with Crippen molar-refractivity contribution in [3.63, 3.8) is 0 Å². The van der Waals surface area contributed by atoms with E-state index in [1.165, 1.54) is 0 Å². The molecule has 1 aliphatic rings. The maximum atomic E-state index is 12.3. The number of piperazine rings is 1. The third-order valence-electron chi connectivity index (χ3n) is 3.86. The number of hydrogen-bond acceptors (Lipinski definition) is 4. The summed E-state index contributed by atoms with van der Waals surface area (Å²) in [7, 11) is 3.61. The third kappa shape index (κ3) is 2.91. The second kappa shape index (κ2) is 5.83. The molecule has 1 amide bonds. The molecule has 0 aromatic carbocycles. The largest absolute Gasteiger partial charge is 0.347 e. The Balaban J connectivity index is 1.79. The van der Waals surface area contributed by atoms with Crippen LogP contribution in [0, 0.1) is 0 Å². The zero-order chi connectivity index (χ0) is 14.8. The van der Waals surface area contributed by atoms with E-state index in [4.69, 9.17) is 0 Å². The molecule has 0 saturated carbocycles. The Labute approximate surface area is 124 Å². The van der Waals surface area contributed by atoms with Crippen molar-refractivity contribution in [3.8, 4) is 0 Å². The highest BCUT2D eigenvalue weighted by molar-refractivity contribution is 5.81. The van der Waals surface area contributed by atoms with E-state index >= 15 is 0 Å². The summed E-state index contributed by atoms with van der Waals surface area (Å²) >= 11 is 0. The minimum Gasteiger partial charge on any atom is -0.347 e. The van der Waals surface area contributed by atoms with E-state index in [1.807, 2.05) is 35.0 Å². The van der Waals surface area contributed by atoms with Gasteiger partial charge in [-0.05, 0) is 12.1 Å². The molecule has 1 fully saturated rings. The Bertz CT molecular complexity index is 603. The molecule has 3 heterocycles. The number of nitrogens with zero attached hydrogens (tertiary/aromatic N) is 4. The molecular weight excluding hydrogens is 266 g/mol. The quantitative estimate of drug-likeness (QED) is 0.876. The number of fused-ring (bicyclic) bond motifs is 1. The van der Waals surface area contributed by atoms with Crippen molar-refractivity contribution in [3.05, 3.63) is 36.3 Å². The van der Waals surface area contributed by atoms with Crippen LogP contribution in [-0.2, 0) is 11.3 Å². The fourth-order valence-electron chi connectivity index (χ4n) is 2.75. The van der Waals surface area contributed by atoms with Gasteiger partial charge < -0.3 is 14.6 Å². The van der Waals surface area contributed by atoms with Crippen molar-refractivity contribution in [1.29, 1.82) is 0 Å². The second-order valence-electron chi connectivity index (χ2n) is 5.62. The van der Waals surface area contributed by atoms with Gasteiger partial charge in [0.2, 0.25) is 5.91 Å². The summed E-state index contributed by atoms with van der Waals surface area (Å²) in [5.74, 6) is 0.144. The molecule has 3 rings (SSSR count). The average molecular weight is 287 g/mol. The number of rotatable bonds is 3. The van der Waals surface area contributed by atoms with Crippen molar-refractivity contribution in [2.75, 3.05) is 33.7 Å². The fraction of sp³-hybridized carbons (Fsp3) is 0.467. The van der Waals surface area contributed by atoms with E-state index in [-0.39, 0.29) is 11.9 Å². The Kier molecular flexibility index (Phi) is 3.90. The topological polar surface area (TPSA) is 52.9 Å². The molecule has 0 aliphatic carbocycles. The van der Waals surface area contributed by atoms with Crippen LogP contribution in [0.15, 0.2) is 30.6 Å². The highest BCUT2D eigenvalue weighted by Gasteiger charge is 2.30. The summed E-state index contributed by atoms with van der Waals surface area (Å²) in [5.41, 5.74) is 1.94. The summed E-state index contributed by atoms with van der Waals surface area (Å²) in [5, 5.41) is 3.30. The zero-order valence-electron chi connectivity index (χ0n) is 12.5. The van der Waals surface area contributed by atoms with Gasteiger partial charge in [0.1, 0.15) is 11.7 Å². The van der Waals surface area contributed by atoms with Crippen molar-refractivity contribution < 1.29 is 4.79 Å². The molecule has 1 saturated heterocycles. The van der Waals surface area contributed by atoms with Gasteiger partial charge in [-0.2, -0.15) is 0 Å². The van der Waals surface area contributed by atoms with E-state index in [2.05, 4.69) is 15.2 Å². The molecule has 6 heteroatoms. The Hall–Kier alpha value is -1.92. The van der Waals surface area contributed by atoms with E-state index in [9.17, 15) is 4.79 Å². The van der Waals surface area contributed by atoms with E-state index in [1.54, 1.807) is 19.0 Å². The average Bonchev–Trinajstić information content (AvgIpc) is 2.89. The van der Waals surface area contributed by atoms with Crippen LogP contribution in [0.1, 0.15) is 5.69 Å². The van der Waals surface area contributed by atoms with Gasteiger partial charge in [0.15, 0.2) is 0 Å². The minimum atomic E-state index is -0.112. The molecule has 1 aliphatic heterocycles. The van der Waals surface area contributed by atoms with E-state index < -0.39 is 0 Å². The highest BCUT2D eigenvalue weighted by Crippen LogP contribution is 2.12. The first-order valence-electron chi connectivity index (χ1n) is 7.23. The van der Waals surface area contributed by atoms with Gasteiger partial charge in [-0.15, -0.1) is 0 Å². The summed E-state index contributed by atoms with van der Waals surface area (Å²) in [6, 6.07) is 5.85. The van der Waals surface area contributed by atoms with Crippen molar-refractivity contribution in [1.82, 2.24) is 24.5 Å². The number of carbonyl (C=O) groups excluding carboxylic acids is 1. The molecule has 1 atom stereocenters. The number of nitrogens with one attached hydrogen (secondary N) is 1. The van der Waals surface area contributed by atoms with Crippen LogP contribution in [0.3, 0.4) is 0 Å². The lowest BCUT2D eigenvalue weighted by Gasteiger charge is -2.35. The van der Waals surface area contributed by atoms with Gasteiger partial charge in [0.25, 0.3) is 0 Å². The number of pyridine rings is 1. The molecule has 0 spiro atoms. The lowest BCUT2D eigenvalue weighted by molar-refractivity contribution is -0.135. The van der Waals surface area contributed by atoms with Gasteiger partial charge in [-0.25, -0.2) is 4.98 Å². The molecule has 21 heavy (non-hydrogen) atoms. The number of carbonyl (C=O) groups is 1. The number of aromatic nitrogens is 2. The molecular formula is C15H21N5O. The Morgan fingerprint density at radius 3 is 3.10 bits per heavy atom. The zero-order valence-corrected chi connectivity index (χ0v) is 12.5. The third-order valence-corrected chi connectivity index (χ3v) is 3.86. The molecule has 0 radical (unpaired) electrons. The van der Waals surface area contributed by atoms with Crippen LogP contribution in [0.25, 0.3) is 5.65 Å². The first kappa shape index (κ1) is 14.0. The SMILES string of the molecule is CN(C)C(=O)C1CNCCN1Cc1cn2ccccc2n1. The number of likely N-dealkylation sites (N-methyl/N-ethyl adjacent to an activating group) is 1. The molecule has 6 nitrogen and oxygen atoms in total. The standard InChI is InChI=1S/C15H21N5O/c1-18(2)15(21)13-9-16-6-8-19(13)10-12-11-20-7-4-3-5-14(20)17-12/h3-5,7,11,13,16H,6,8-10H2,1-2H3. The maximum Gasteiger partial charge on any atom is 0.240 e. The Morgan fingerprint density at radius 2 is 2.33 bits per heavy atom. The smallest absolute Gasteiger partial charge is 0.240 e. The van der Waals surface area contributed by atoms with Gasteiger partial charge in [0, 0.05) is 52.7 Å². The lowest BCUT2D eigenvalue weighted by atomic mass is 10.1. The first-order valence-corrected chi connectivity index (χ1v) is 7.23. The fourth-order valence-corrected chi connectivity index (χ4v) is 2.75. The molecule has 2 aromatic rings. The monoisotopic (exact) mass is 287 g/mol. The van der Waals surface area contributed by atoms with Crippen LogP contribution in [0.4, 0.5) is 0 Å². The van der Waals surface area contributed by atoms with Crippen LogP contribution in [0.5, 0.6) is 0 Å². The predicted octanol–water partition coefficient (Wildman–Crippen LogP) is 0.196. The highest BCUT2D eigenvalue weighted by atomic mass is 16.2. The molecule has 1 unspecified atom stereocenters. The molecule has 2 aromatic heterocycles. The summed E-state index contributed by atoms with van der Waals surface area (Å²) in [6.07, 6.45) is 4.03. The number of hydrogen-bond donors (Lipinski definition) is 1. The number of imidazole rings is 1. The van der Waals surface area contributed by atoms with E-state index in [0.717, 1.165) is 24.4 Å². The van der Waals surface area contributed by atoms with E-state index in [0.29, 0.717) is 13.1 Å². The Morgan fingerprint density at radius 1 is 1.48 bits per heavy atom. The maximum absolute atomic E-state index is 12.3. The molecule has 112 valence electrons. The molecule has 1 N–H and O–H groups in total. The van der Waals surface area contributed by atoms with Gasteiger partial charge >= 0.3 is 0 Å². The normalized spacial score (nSPS) is 19.8. The first-order chi connectivity index (χ1) is 10.1. The number of amides is 1. The summed E-state index contributed by atoms with van der Waals surface area (Å²) in [4.78, 5) is 20.8. The van der Waals surface area contributed by atoms with Crippen LogP contribution in [0.2, 0.25) is 0 Å². The van der Waals surface area contributed by atoms with Gasteiger partial charge in [-0.1, -0.05) is 6.07 Å². The van der Waals surface area contributed by atoms with Crippen LogP contribution < -0.4 is 5.32 Å². The minimum absolute atomic E-state index is 0.112. The lowest BCUT2D eigenvalue weighted by Crippen LogP contribution is -2.57. The predicted molar refractivity (Wildman–Crippen MR) is 81.0 cm³/mol. The van der Waals surface area contributed by atoms with Crippen molar-refractivity contribution >= 4 is 11.6 Å². The molecule has 0 bridgehead atoms. The summed E-state index contributed by atoms with van der Waals surface area (Å²) < 4.78 is 2.01. The van der Waals surface area contributed by atoms with Gasteiger partial charge in [-0.3, -0.25) is 9.69 Å².